The van der Waals surface area contributed by atoms with Crippen LogP contribution in [-0.2, 0) is 14.3 Å². The van der Waals surface area contributed by atoms with Crippen LogP contribution in [0.15, 0.2) is 18.2 Å². The Morgan fingerprint density at radius 3 is 2.79 bits per heavy atom. The minimum Gasteiger partial charge on any atom is -0.461 e. The van der Waals surface area contributed by atoms with Gasteiger partial charge >= 0.3 is 5.97 Å². The number of ether oxygens (including phenoxy) is 2. The van der Waals surface area contributed by atoms with Gasteiger partial charge in [-0.05, 0) is 70.3 Å². The molecule has 0 spiro atoms. The normalized spacial score (nSPS) is 20.1. The molecule has 2 aromatic rings. The number of amides is 1. The molecule has 8 heteroatoms. The number of carbonyl (C=O) groups is 2. The third-order valence-corrected chi connectivity index (χ3v) is 5.45. The Kier molecular flexibility index (Phi) is 6.10. The molecule has 2 aliphatic rings. The summed E-state index contributed by atoms with van der Waals surface area (Å²) in [5, 5.41) is 8.14. The van der Waals surface area contributed by atoms with Crippen LogP contribution in [0.4, 0.5) is 5.69 Å². The number of hydrogen-bond donors (Lipinski definition) is 1. The van der Waals surface area contributed by atoms with Gasteiger partial charge in [-0.15, -0.1) is 0 Å². The Labute approximate surface area is 170 Å². The monoisotopic (exact) mass is 400 g/mol. The minimum atomic E-state index is -0.465. The van der Waals surface area contributed by atoms with E-state index in [4.69, 9.17) is 9.47 Å². The first-order valence-electron chi connectivity index (χ1n) is 10.5. The smallest absolute Gasteiger partial charge is 0.359 e. The Morgan fingerprint density at radius 1 is 1.24 bits per heavy atom. The van der Waals surface area contributed by atoms with E-state index < -0.39 is 5.97 Å². The number of nitrogens with zero attached hydrogens (tertiary/aromatic N) is 3. The Bertz CT molecular complexity index is 882. The van der Waals surface area contributed by atoms with Gasteiger partial charge in [-0.25, -0.2) is 9.48 Å². The second kappa shape index (κ2) is 8.92. The predicted molar refractivity (Wildman–Crippen MR) is 109 cm³/mol. The van der Waals surface area contributed by atoms with Gasteiger partial charge in [-0.1, -0.05) is 0 Å². The van der Waals surface area contributed by atoms with Crippen LogP contribution >= 0.6 is 0 Å². The van der Waals surface area contributed by atoms with Crippen molar-refractivity contribution in [2.45, 2.75) is 45.3 Å². The SMILES string of the molecule is CCOC(=O)c1nn(C2CCCCO2)c2ccc(NC(=O)CN3CCCC3)cc12. The average Bonchev–Trinajstić information content (AvgIpc) is 3.36. The van der Waals surface area contributed by atoms with E-state index in [0.29, 0.717) is 24.2 Å². The first kappa shape index (κ1) is 19.8. The summed E-state index contributed by atoms with van der Waals surface area (Å²) in [5.74, 6) is -0.514. The first-order valence-corrected chi connectivity index (χ1v) is 10.5. The highest BCUT2D eigenvalue weighted by molar-refractivity contribution is 6.04. The molecule has 0 bridgehead atoms. The van der Waals surface area contributed by atoms with Crippen LogP contribution in [0.3, 0.4) is 0 Å². The number of hydrogen-bond acceptors (Lipinski definition) is 6. The molecule has 1 N–H and O–H groups in total. The van der Waals surface area contributed by atoms with Crippen LogP contribution in [0, 0.1) is 0 Å². The van der Waals surface area contributed by atoms with E-state index in [2.05, 4.69) is 15.3 Å². The van der Waals surface area contributed by atoms with Crippen LogP contribution in [0.2, 0.25) is 0 Å². The average molecular weight is 400 g/mol. The van der Waals surface area contributed by atoms with Crippen molar-refractivity contribution in [3.05, 3.63) is 23.9 Å². The summed E-state index contributed by atoms with van der Waals surface area (Å²) in [5.41, 5.74) is 1.71. The first-order chi connectivity index (χ1) is 14.2. The van der Waals surface area contributed by atoms with Gasteiger partial charge in [0.05, 0.1) is 18.7 Å². The van der Waals surface area contributed by atoms with E-state index in [1.165, 1.54) is 0 Å². The van der Waals surface area contributed by atoms with E-state index in [-0.39, 0.29) is 24.4 Å². The van der Waals surface area contributed by atoms with Crippen molar-refractivity contribution < 1.29 is 19.1 Å². The van der Waals surface area contributed by atoms with Gasteiger partial charge in [0.15, 0.2) is 11.9 Å². The van der Waals surface area contributed by atoms with Crippen molar-refractivity contribution in [1.29, 1.82) is 0 Å². The molecule has 29 heavy (non-hydrogen) atoms. The summed E-state index contributed by atoms with van der Waals surface area (Å²) in [7, 11) is 0. The van der Waals surface area contributed by atoms with Crippen molar-refractivity contribution in [3.63, 3.8) is 0 Å². The van der Waals surface area contributed by atoms with Crippen molar-refractivity contribution in [2.75, 3.05) is 38.2 Å². The molecule has 3 heterocycles. The maximum absolute atomic E-state index is 12.5. The summed E-state index contributed by atoms with van der Waals surface area (Å²) in [4.78, 5) is 27.0. The maximum atomic E-state index is 12.5. The largest absolute Gasteiger partial charge is 0.461 e. The fourth-order valence-corrected chi connectivity index (χ4v) is 4.05. The number of aromatic nitrogens is 2. The number of benzene rings is 1. The van der Waals surface area contributed by atoms with Crippen LogP contribution in [0.1, 0.15) is 55.7 Å². The molecule has 1 atom stereocenters. The third kappa shape index (κ3) is 4.43. The minimum absolute atomic E-state index is 0.0491. The molecule has 156 valence electrons. The van der Waals surface area contributed by atoms with Gasteiger partial charge in [-0.2, -0.15) is 5.10 Å². The molecular formula is C21H28N4O4. The number of anilines is 1. The second-order valence-corrected chi connectivity index (χ2v) is 7.60. The molecule has 0 saturated carbocycles. The van der Waals surface area contributed by atoms with Crippen LogP contribution < -0.4 is 5.32 Å². The topological polar surface area (TPSA) is 85.7 Å². The zero-order valence-corrected chi connectivity index (χ0v) is 16.9. The lowest BCUT2D eigenvalue weighted by Crippen LogP contribution is -2.30. The molecule has 2 fully saturated rings. The summed E-state index contributed by atoms with van der Waals surface area (Å²) >= 11 is 0. The van der Waals surface area contributed by atoms with Gasteiger partial charge in [0.1, 0.15) is 0 Å². The third-order valence-electron chi connectivity index (χ3n) is 5.45. The number of fused-ring (bicyclic) bond motifs is 1. The highest BCUT2D eigenvalue weighted by Crippen LogP contribution is 2.30. The quantitative estimate of drug-likeness (QED) is 0.751. The van der Waals surface area contributed by atoms with E-state index in [9.17, 15) is 9.59 Å². The van der Waals surface area contributed by atoms with Crippen molar-refractivity contribution >= 4 is 28.5 Å². The molecule has 1 unspecified atom stereocenters. The molecule has 0 radical (unpaired) electrons. The van der Waals surface area contributed by atoms with Crippen LogP contribution in [-0.4, -0.2) is 59.4 Å². The van der Waals surface area contributed by atoms with Gasteiger partial charge < -0.3 is 14.8 Å². The molecule has 1 aromatic carbocycles. The van der Waals surface area contributed by atoms with Crippen LogP contribution in [0.25, 0.3) is 10.9 Å². The molecule has 1 amide bonds. The molecule has 2 saturated heterocycles. The summed E-state index contributed by atoms with van der Waals surface area (Å²) in [6.07, 6.45) is 5.05. The summed E-state index contributed by atoms with van der Waals surface area (Å²) < 4.78 is 12.8. The predicted octanol–water partition coefficient (Wildman–Crippen LogP) is 2.95. The maximum Gasteiger partial charge on any atom is 0.359 e. The lowest BCUT2D eigenvalue weighted by atomic mass is 10.1. The van der Waals surface area contributed by atoms with Gasteiger partial charge in [0, 0.05) is 17.7 Å². The van der Waals surface area contributed by atoms with E-state index in [1.807, 2.05) is 12.1 Å². The fraction of sp³-hybridized carbons (Fsp3) is 0.571. The molecule has 1 aromatic heterocycles. The van der Waals surface area contributed by atoms with Crippen molar-refractivity contribution in [1.82, 2.24) is 14.7 Å². The van der Waals surface area contributed by atoms with Gasteiger partial charge in [0.2, 0.25) is 5.91 Å². The zero-order chi connectivity index (χ0) is 20.2. The highest BCUT2D eigenvalue weighted by Gasteiger charge is 2.25. The Hall–Kier alpha value is -2.45. The number of esters is 1. The van der Waals surface area contributed by atoms with Crippen molar-refractivity contribution in [3.8, 4) is 0 Å². The lowest BCUT2D eigenvalue weighted by molar-refractivity contribution is -0.117. The summed E-state index contributed by atoms with van der Waals surface area (Å²) in [6.45, 7) is 5.05. The van der Waals surface area contributed by atoms with Gasteiger partial charge in [0.25, 0.3) is 0 Å². The number of rotatable bonds is 6. The molecule has 0 aliphatic carbocycles. The van der Waals surface area contributed by atoms with Gasteiger partial charge in [-0.3, -0.25) is 9.69 Å². The van der Waals surface area contributed by atoms with E-state index in [0.717, 1.165) is 50.7 Å². The zero-order valence-electron chi connectivity index (χ0n) is 16.9. The second-order valence-electron chi connectivity index (χ2n) is 7.60. The van der Waals surface area contributed by atoms with Crippen LogP contribution in [0.5, 0.6) is 0 Å². The lowest BCUT2D eigenvalue weighted by Gasteiger charge is -2.23. The Morgan fingerprint density at radius 2 is 2.07 bits per heavy atom. The fourth-order valence-electron chi connectivity index (χ4n) is 4.05. The van der Waals surface area contributed by atoms with Crippen molar-refractivity contribution in [2.24, 2.45) is 0 Å². The number of carbonyl (C=O) groups excluding carboxylic acids is 2. The Balaban J connectivity index is 1.61. The molecule has 8 nitrogen and oxygen atoms in total. The number of nitrogens with one attached hydrogen (secondary N) is 1. The standard InChI is InChI=1S/C21H28N4O4/c1-2-28-21(27)20-16-13-15(22-18(26)14-24-10-4-5-11-24)8-9-17(16)25(23-20)19-7-3-6-12-29-19/h8-9,13,19H,2-7,10-12,14H2,1H3,(H,22,26). The molecule has 2 aliphatic heterocycles. The highest BCUT2D eigenvalue weighted by atomic mass is 16.5. The molecule has 4 rings (SSSR count). The van der Waals surface area contributed by atoms with E-state index >= 15 is 0 Å². The number of likely N-dealkylation sites (tertiary alicyclic amines) is 1. The molecular weight excluding hydrogens is 372 g/mol. The summed E-state index contributed by atoms with van der Waals surface area (Å²) in [6, 6.07) is 5.53. The van der Waals surface area contributed by atoms with E-state index in [1.54, 1.807) is 17.7 Å².